The molecule has 1 N–H and O–H groups in total. The van der Waals surface area contributed by atoms with Gasteiger partial charge in [0, 0.05) is 31.8 Å². The third-order valence-corrected chi connectivity index (χ3v) is 8.24. The number of hydrogen-bond donors (Lipinski definition) is 1. The molecule has 40 heavy (non-hydrogen) atoms. The molecule has 8 heteroatoms. The van der Waals surface area contributed by atoms with Crippen molar-refractivity contribution in [2.24, 2.45) is 5.10 Å². The van der Waals surface area contributed by atoms with Gasteiger partial charge in [0.05, 0.1) is 30.0 Å². The Balaban J connectivity index is 1.57. The minimum absolute atomic E-state index is 0.254. The van der Waals surface area contributed by atoms with Gasteiger partial charge in [-0.05, 0) is 69.5 Å². The van der Waals surface area contributed by atoms with Crippen LogP contribution in [-0.2, 0) is 0 Å². The van der Waals surface area contributed by atoms with Gasteiger partial charge in [0.25, 0.3) is 11.5 Å². The number of carbonyl (C=O) groups excluding carboxylic acids is 1. The summed E-state index contributed by atoms with van der Waals surface area (Å²) in [7, 11) is 1.62. The third kappa shape index (κ3) is 4.78. The summed E-state index contributed by atoms with van der Waals surface area (Å²) in [4.78, 5) is 30.7. The summed E-state index contributed by atoms with van der Waals surface area (Å²) in [5, 5.41) is 7.25. The number of amides is 1. The van der Waals surface area contributed by atoms with Crippen LogP contribution < -0.4 is 10.3 Å². The van der Waals surface area contributed by atoms with E-state index >= 15 is 0 Å². The summed E-state index contributed by atoms with van der Waals surface area (Å²) in [5.41, 5.74) is 4.53. The van der Waals surface area contributed by atoms with E-state index in [0.717, 1.165) is 37.8 Å². The Morgan fingerprint density at radius 1 is 0.925 bits per heavy atom. The molecule has 198 valence electrons. The molecule has 5 aromatic rings. The highest BCUT2D eigenvalue weighted by Gasteiger charge is 2.36. The van der Waals surface area contributed by atoms with Crippen molar-refractivity contribution in [3.8, 4) is 16.9 Å². The molecule has 0 saturated carbocycles. The second kappa shape index (κ2) is 10.9. The highest BCUT2D eigenvalue weighted by molar-refractivity contribution is 9.10. The lowest BCUT2D eigenvalue weighted by atomic mass is 9.91. The molecule has 1 aromatic heterocycles. The first-order valence-corrected chi connectivity index (χ1v) is 14.2. The van der Waals surface area contributed by atoms with Crippen molar-refractivity contribution >= 4 is 54.4 Å². The number of benzene rings is 4. The summed E-state index contributed by atoms with van der Waals surface area (Å²) in [6.07, 6.45) is 0.366. The van der Waals surface area contributed by atoms with Crippen molar-refractivity contribution in [2.45, 2.75) is 12.5 Å². The van der Waals surface area contributed by atoms with E-state index < -0.39 is 6.04 Å². The highest BCUT2D eigenvalue weighted by atomic mass is 79.9. The van der Waals surface area contributed by atoms with E-state index in [0.29, 0.717) is 27.7 Å². The molecule has 1 aliphatic heterocycles. The summed E-state index contributed by atoms with van der Waals surface area (Å²) in [5.74, 6) is 0.457. The predicted octanol–water partition coefficient (Wildman–Crippen LogP) is 7.72. The van der Waals surface area contributed by atoms with Gasteiger partial charge in [-0.15, -0.1) is 0 Å². The smallest absolute Gasteiger partial charge is 0.275 e. The number of fused-ring (bicyclic) bond motifs is 1. The molecule has 0 unspecified atom stereocenters. The molecular weight excluding hydrogens is 634 g/mol. The summed E-state index contributed by atoms with van der Waals surface area (Å²) in [6.45, 7) is 0. The van der Waals surface area contributed by atoms with Gasteiger partial charge >= 0.3 is 0 Å². The Labute approximate surface area is 247 Å². The zero-order valence-corrected chi connectivity index (χ0v) is 24.6. The fraction of sp³-hybridized carbons (Fsp3) is 0.0938. The Bertz CT molecular complexity index is 1830. The molecule has 0 fully saturated rings. The number of aromatic nitrogens is 1. The molecule has 1 atom stereocenters. The zero-order valence-electron chi connectivity index (χ0n) is 21.4. The van der Waals surface area contributed by atoms with Crippen molar-refractivity contribution < 1.29 is 9.53 Å². The van der Waals surface area contributed by atoms with Crippen LogP contribution in [0.2, 0.25) is 0 Å². The Morgan fingerprint density at radius 3 is 2.38 bits per heavy atom. The SMILES string of the molecule is COc1ccc([C@H]2CC(c3c(-c4ccccc4)c4cc(Br)ccc4[nH]c3=O)=NN2C(=O)c2ccccc2Br)cc1. The van der Waals surface area contributed by atoms with Crippen LogP contribution in [0.5, 0.6) is 5.75 Å². The molecule has 1 aliphatic rings. The van der Waals surface area contributed by atoms with Crippen LogP contribution in [0.3, 0.4) is 0 Å². The first kappa shape index (κ1) is 26.2. The lowest BCUT2D eigenvalue weighted by Crippen LogP contribution is -2.27. The van der Waals surface area contributed by atoms with E-state index in [1.807, 2.05) is 91.0 Å². The molecule has 6 rings (SSSR count). The van der Waals surface area contributed by atoms with Gasteiger partial charge in [-0.3, -0.25) is 9.59 Å². The lowest BCUT2D eigenvalue weighted by Gasteiger charge is -2.22. The van der Waals surface area contributed by atoms with E-state index in [4.69, 9.17) is 9.84 Å². The number of pyridine rings is 1. The van der Waals surface area contributed by atoms with Gasteiger partial charge in [-0.2, -0.15) is 5.10 Å². The minimum Gasteiger partial charge on any atom is -0.497 e. The van der Waals surface area contributed by atoms with Crippen LogP contribution in [-0.4, -0.2) is 28.7 Å². The number of aromatic amines is 1. The quantitative estimate of drug-likeness (QED) is 0.210. The number of halogens is 2. The standard InChI is InChI=1S/C32H23Br2N3O3/c1-40-22-14-11-19(12-15-22)28-18-27(36-37(28)32(39)23-9-5-6-10-25(23)34)30-29(20-7-3-2-4-8-20)24-17-21(33)13-16-26(24)35-31(30)38/h2-17,28H,18H2,1H3,(H,35,38)/t28-/m1/s1. The topological polar surface area (TPSA) is 74.8 Å². The van der Waals surface area contributed by atoms with Crippen molar-refractivity contribution in [1.29, 1.82) is 0 Å². The van der Waals surface area contributed by atoms with Crippen molar-refractivity contribution in [2.75, 3.05) is 7.11 Å². The van der Waals surface area contributed by atoms with Crippen LogP contribution in [0, 0.1) is 0 Å². The summed E-state index contributed by atoms with van der Waals surface area (Å²) < 4.78 is 6.92. The first-order chi connectivity index (χ1) is 19.4. The van der Waals surface area contributed by atoms with E-state index in [1.54, 1.807) is 13.2 Å². The molecule has 0 aliphatic carbocycles. The van der Waals surface area contributed by atoms with Gasteiger partial charge < -0.3 is 9.72 Å². The number of rotatable bonds is 5. The lowest BCUT2D eigenvalue weighted by molar-refractivity contribution is 0.0710. The highest BCUT2D eigenvalue weighted by Crippen LogP contribution is 2.39. The van der Waals surface area contributed by atoms with Crippen LogP contribution in [0.1, 0.15) is 33.9 Å². The molecule has 6 nitrogen and oxygen atoms in total. The molecule has 1 amide bonds. The normalized spacial score (nSPS) is 14.8. The van der Waals surface area contributed by atoms with Gasteiger partial charge in [0.1, 0.15) is 5.75 Å². The molecular formula is C32H23Br2N3O3. The minimum atomic E-state index is -0.415. The monoisotopic (exact) mass is 655 g/mol. The largest absolute Gasteiger partial charge is 0.497 e. The second-order valence-corrected chi connectivity index (χ2v) is 11.2. The van der Waals surface area contributed by atoms with Gasteiger partial charge in [0.15, 0.2) is 0 Å². The molecule has 0 bridgehead atoms. The van der Waals surface area contributed by atoms with Crippen molar-refractivity contribution in [1.82, 2.24) is 9.99 Å². The predicted molar refractivity (Wildman–Crippen MR) is 165 cm³/mol. The molecule has 0 radical (unpaired) electrons. The van der Waals surface area contributed by atoms with E-state index in [-0.39, 0.29) is 11.5 Å². The Morgan fingerprint density at radius 2 is 1.65 bits per heavy atom. The number of ether oxygens (including phenoxy) is 1. The Hall–Kier alpha value is -4.01. The number of nitrogens with one attached hydrogen (secondary N) is 1. The van der Waals surface area contributed by atoms with Crippen LogP contribution in [0.25, 0.3) is 22.0 Å². The van der Waals surface area contributed by atoms with Crippen molar-refractivity contribution in [3.05, 3.63) is 133 Å². The van der Waals surface area contributed by atoms with Crippen LogP contribution in [0.15, 0.2) is 116 Å². The van der Waals surface area contributed by atoms with E-state index in [9.17, 15) is 9.59 Å². The van der Waals surface area contributed by atoms with Gasteiger partial charge in [0.2, 0.25) is 0 Å². The fourth-order valence-corrected chi connectivity index (χ4v) is 5.95. The average Bonchev–Trinajstić information content (AvgIpc) is 3.42. The molecule has 2 heterocycles. The van der Waals surface area contributed by atoms with Crippen LogP contribution in [0.4, 0.5) is 0 Å². The zero-order chi connectivity index (χ0) is 27.8. The number of nitrogens with zero attached hydrogens (tertiary/aromatic N) is 2. The van der Waals surface area contributed by atoms with Gasteiger partial charge in [-0.25, -0.2) is 5.01 Å². The third-order valence-electron chi connectivity index (χ3n) is 7.05. The molecule has 0 spiro atoms. The number of H-pyrrole nitrogens is 1. The number of carbonyl (C=O) groups is 1. The van der Waals surface area contributed by atoms with Crippen molar-refractivity contribution in [3.63, 3.8) is 0 Å². The molecule has 4 aromatic carbocycles. The number of methoxy groups -OCH3 is 1. The second-order valence-electron chi connectivity index (χ2n) is 9.43. The first-order valence-electron chi connectivity index (χ1n) is 12.7. The number of hydrazone groups is 1. The summed E-state index contributed by atoms with van der Waals surface area (Å²) >= 11 is 7.10. The maximum Gasteiger partial charge on any atom is 0.275 e. The summed E-state index contributed by atoms with van der Waals surface area (Å²) in [6, 6.07) is 30.0. The van der Waals surface area contributed by atoms with Crippen LogP contribution >= 0.6 is 31.9 Å². The van der Waals surface area contributed by atoms with E-state index in [2.05, 4.69) is 36.8 Å². The Kier molecular flexibility index (Phi) is 7.12. The number of hydrogen-bond acceptors (Lipinski definition) is 4. The molecule has 0 saturated heterocycles. The average molecular weight is 657 g/mol. The van der Waals surface area contributed by atoms with Gasteiger partial charge in [-0.1, -0.05) is 70.5 Å². The maximum absolute atomic E-state index is 13.9. The van der Waals surface area contributed by atoms with E-state index in [1.165, 1.54) is 5.01 Å². The fourth-order valence-electron chi connectivity index (χ4n) is 5.14. The maximum atomic E-state index is 13.9.